The molecule has 0 unspecified atom stereocenters. The van der Waals surface area contributed by atoms with Crippen molar-refractivity contribution in [3.8, 4) is 22.6 Å². The van der Waals surface area contributed by atoms with Crippen LogP contribution in [-0.2, 0) is 0 Å². The summed E-state index contributed by atoms with van der Waals surface area (Å²) < 4.78 is 10.3. The van der Waals surface area contributed by atoms with E-state index in [0.717, 1.165) is 11.1 Å². The second-order valence-electron chi connectivity index (χ2n) is 5.62. The first-order valence-electron chi connectivity index (χ1n) is 7.93. The van der Waals surface area contributed by atoms with E-state index < -0.39 is 6.09 Å². The van der Waals surface area contributed by atoms with Gasteiger partial charge in [0.1, 0.15) is 11.5 Å². The van der Waals surface area contributed by atoms with Crippen LogP contribution in [0.15, 0.2) is 66.7 Å². The van der Waals surface area contributed by atoms with Gasteiger partial charge < -0.3 is 20.9 Å². The van der Waals surface area contributed by atoms with Gasteiger partial charge in [-0.15, -0.1) is 0 Å². The first kappa shape index (κ1) is 17.2. The zero-order valence-electron chi connectivity index (χ0n) is 14.2. The van der Waals surface area contributed by atoms with Gasteiger partial charge in [-0.05, 0) is 60.2 Å². The third-order valence-electron chi connectivity index (χ3n) is 3.77. The Bertz CT molecular complexity index is 924. The summed E-state index contributed by atoms with van der Waals surface area (Å²) in [5, 5.41) is 2.69. The Morgan fingerprint density at radius 3 is 2.35 bits per heavy atom. The largest absolute Gasteiger partial charge is 0.497 e. The minimum absolute atomic E-state index is 0.412. The van der Waals surface area contributed by atoms with Crippen molar-refractivity contribution in [2.45, 2.75) is 0 Å². The van der Waals surface area contributed by atoms with E-state index in [-0.39, 0.29) is 0 Å². The van der Waals surface area contributed by atoms with Crippen molar-refractivity contribution < 1.29 is 14.3 Å². The molecule has 0 saturated carbocycles. The maximum absolute atomic E-state index is 12.1. The van der Waals surface area contributed by atoms with Crippen LogP contribution in [0.4, 0.5) is 21.9 Å². The molecular weight excluding hydrogens is 330 g/mol. The first-order chi connectivity index (χ1) is 12.5. The van der Waals surface area contributed by atoms with Crippen LogP contribution in [0, 0.1) is 0 Å². The van der Waals surface area contributed by atoms with Crippen molar-refractivity contribution in [2.24, 2.45) is 0 Å². The van der Waals surface area contributed by atoms with E-state index in [0.29, 0.717) is 28.6 Å². The average molecular weight is 349 g/mol. The van der Waals surface area contributed by atoms with Crippen molar-refractivity contribution in [1.29, 1.82) is 0 Å². The Morgan fingerprint density at radius 1 is 0.923 bits per heavy atom. The van der Waals surface area contributed by atoms with Gasteiger partial charge in [0.2, 0.25) is 0 Å². The van der Waals surface area contributed by atoms with Gasteiger partial charge in [0.25, 0.3) is 0 Å². The van der Waals surface area contributed by atoms with Crippen LogP contribution in [0.3, 0.4) is 0 Å². The molecule has 0 spiro atoms. The highest BCUT2D eigenvalue weighted by Crippen LogP contribution is 2.30. The lowest BCUT2D eigenvalue weighted by Crippen LogP contribution is -2.16. The fourth-order valence-corrected chi connectivity index (χ4v) is 2.48. The van der Waals surface area contributed by atoms with E-state index >= 15 is 0 Å². The highest BCUT2D eigenvalue weighted by atomic mass is 16.6. The van der Waals surface area contributed by atoms with Crippen LogP contribution in [0.5, 0.6) is 11.5 Å². The Kier molecular flexibility index (Phi) is 4.94. The highest BCUT2D eigenvalue weighted by molar-refractivity contribution is 5.89. The van der Waals surface area contributed by atoms with Gasteiger partial charge in [-0.25, -0.2) is 4.79 Å². The molecule has 0 aliphatic rings. The predicted molar refractivity (Wildman–Crippen MR) is 103 cm³/mol. The SMILES string of the molecule is COc1ccc(OC(=O)Nc2ccc(N)c(-c3cccc(N)c3)c2)cc1. The molecule has 0 saturated heterocycles. The highest BCUT2D eigenvalue weighted by Gasteiger charge is 2.09. The van der Waals surface area contributed by atoms with Crippen LogP contribution in [-0.4, -0.2) is 13.2 Å². The summed E-state index contributed by atoms with van der Waals surface area (Å²) in [5.41, 5.74) is 15.3. The van der Waals surface area contributed by atoms with E-state index in [1.807, 2.05) is 18.2 Å². The molecule has 0 aromatic heterocycles. The molecule has 0 aliphatic heterocycles. The van der Waals surface area contributed by atoms with E-state index in [4.69, 9.17) is 20.9 Å². The quantitative estimate of drug-likeness (QED) is 0.615. The molecule has 132 valence electrons. The van der Waals surface area contributed by atoms with Gasteiger partial charge >= 0.3 is 6.09 Å². The molecule has 3 aromatic rings. The Balaban J connectivity index is 1.75. The molecule has 1 amide bonds. The third-order valence-corrected chi connectivity index (χ3v) is 3.77. The number of nitrogens with one attached hydrogen (secondary N) is 1. The number of nitrogens with two attached hydrogens (primary N) is 2. The molecular formula is C20H19N3O3. The van der Waals surface area contributed by atoms with Crippen molar-refractivity contribution in [2.75, 3.05) is 23.9 Å². The molecule has 6 nitrogen and oxygen atoms in total. The maximum Gasteiger partial charge on any atom is 0.417 e. The third kappa shape index (κ3) is 4.05. The van der Waals surface area contributed by atoms with Crippen molar-refractivity contribution in [1.82, 2.24) is 0 Å². The molecule has 0 radical (unpaired) electrons. The zero-order valence-corrected chi connectivity index (χ0v) is 14.2. The molecule has 26 heavy (non-hydrogen) atoms. The van der Waals surface area contributed by atoms with Crippen LogP contribution in [0.25, 0.3) is 11.1 Å². The molecule has 5 N–H and O–H groups in total. The molecule has 0 atom stereocenters. The topological polar surface area (TPSA) is 99.6 Å². The number of ether oxygens (including phenoxy) is 2. The summed E-state index contributed by atoms with van der Waals surface area (Å²) in [7, 11) is 1.57. The second kappa shape index (κ2) is 7.48. The fourth-order valence-electron chi connectivity index (χ4n) is 2.48. The Hall–Kier alpha value is -3.67. The number of rotatable bonds is 4. The van der Waals surface area contributed by atoms with E-state index in [1.165, 1.54) is 0 Å². The summed E-state index contributed by atoms with van der Waals surface area (Å²) >= 11 is 0. The molecule has 0 aliphatic carbocycles. The predicted octanol–water partition coefficient (Wildman–Crippen LogP) is 4.14. The molecule has 0 fully saturated rings. The van der Waals surface area contributed by atoms with Crippen molar-refractivity contribution in [3.63, 3.8) is 0 Å². The van der Waals surface area contributed by atoms with Crippen LogP contribution >= 0.6 is 0 Å². The van der Waals surface area contributed by atoms with Crippen LogP contribution in [0.1, 0.15) is 0 Å². The summed E-state index contributed by atoms with van der Waals surface area (Å²) in [5.74, 6) is 1.10. The Labute approximate surface area is 151 Å². The fraction of sp³-hybridized carbons (Fsp3) is 0.0500. The number of methoxy groups -OCH3 is 1. The molecule has 0 heterocycles. The van der Waals surface area contributed by atoms with Gasteiger partial charge in [-0.3, -0.25) is 5.32 Å². The van der Waals surface area contributed by atoms with Gasteiger partial charge in [0, 0.05) is 22.6 Å². The second-order valence-corrected chi connectivity index (χ2v) is 5.62. The smallest absolute Gasteiger partial charge is 0.417 e. The number of nitrogen functional groups attached to an aromatic ring is 2. The lowest BCUT2D eigenvalue weighted by molar-refractivity contribution is 0.215. The minimum atomic E-state index is -0.599. The van der Waals surface area contributed by atoms with E-state index in [1.54, 1.807) is 55.6 Å². The van der Waals surface area contributed by atoms with Crippen molar-refractivity contribution >= 4 is 23.2 Å². The summed E-state index contributed by atoms with van der Waals surface area (Å²) in [6.07, 6.45) is -0.599. The number of carbonyl (C=O) groups is 1. The van der Waals surface area contributed by atoms with E-state index in [2.05, 4.69) is 5.32 Å². The van der Waals surface area contributed by atoms with Gasteiger partial charge in [-0.1, -0.05) is 12.1 Å². The van der Waals surface area contributed by atoms with Crippen molar-refractivity contribution in [3.05, 3.63) is 66.7 Å². The lowest BCUT2D eigenvalue weighted by Gasteiger charge is -2.11. The van der Waals surface area contributed by atoms with Gasteiger partial charge in [0.05, 0.1) is 7.11 Å². The molecule has 3 aromatic carbocycles. The average Bonchev–Trinajstić information content (AvgIpc) is 2.64. The van der Waals surface area contributed by atoms with Gasteiger partial charge in [0.15, 0.2) is 0 Å². The molecule has 3 rings (SSSR count). The number of anilines is 3. The van der Waals surface area contributed by atoms with Crippen LogP contribution < -0.4 is 26.3 Å². The minimum Gasteiger partial charge on any atom is -0.497 e. The first-order valence-corrected chi connectivity index (χ1v) is 7.93. The standard InChI is InChI=1S/C20H19N3O3/c1-25-16-6-8-17(9-7-16)26-20(24)23-15-5-10-19(22)18(12-15)13-3-2-4-14(21)11-13/h2-12H,21-22H2,1H3,(H,23,24). The summed E-state index contributed by atoms with van der Waals surface area (Å²) in [4.78, 5) is 12.1. The lowest BCUT2D eigenvalue weighted by atomic mass is 10.0. The Morgan fingerprint density at radius 2 is 1.65 bits per heavy atom. The normalized spacial score (nSPS) is 10.2. The van der Waals surface area contributed by atoms with Gasteiger partial charge in [-0.2, -0.15) is 0 Å². The maximum atomic E-state index is 12.1. The summed E-state index contributed by atoms with van der Waals surface area (Å²) in [6.45, 7) is 0. The monoisotopic (exact) mass is 349 g/mol. The number of carbonyl (C=O) groups excluding carboxylic acids is 1. The number of hydrogen-bond donors (Lipinski definition) is 3. The zero-order chi connectivity index (χ0) is 18.5. The summed E-state index contributed by atoms with van der Waals surface area (Å²) in [6, 6.07) is 19.3. The van der Waals surface area contributed by atoms with Crippen LogP contribution in [0.2, 0.25) is 0 Å². The van der Waals surface area contributed by atoms with E-state index in [9.17, 15) is 4.79 Å². The molecule has 0 bridgehead atoms. The number of benzene rings is 3. The number of amides is 1. The molecule has 6 heteroatoms. The number of hydrogen-bond acceptors (Lipinski definition) is 5.